The number of rotatable bonds is 4. The Hall–Kier alpha value is -2.55. The Kier molecular flexibility index (Phi) is 3.73. The fourth-order valence-corrected chi connectivity index (χ4v) is 2.42. The molecule has 0 amide bonds. The molecule has 21 heavy (non-hydrogen) atoms. The van der Waals surface area contributed by atoms with Crippen LogP contribution < -0.4 is 5.73 Å². The van der Waals surface area contributed by atoms with Gasteiger partial charge in [-0.25, -0.2) is 0 Å². The third-order valence-corrected chi connectivity index (χ3v) is 3.68. The number of hydrogen-bond acceptors (Lipinski definition) is 2. The molecule has 0 radical (unpaired) electrons. The van der Waals surface area contributed by atoms with Gasteiger partial charge in [0, 0.05) is 23.0 Å². The second kappa shape index (κ2) is 5.83. The van der Waals surface area contributed by atoms with Gasteiger partial charge in [0.25, 0.3) is 0 Å². The standard InChI is InChI=1S/C18H19N3/c1-2-14-7-9-15(10-8-14)12-21-13-16(11-20-21)17-5-3-4-6-18(17)19/h3-11,13H,2,12,19H2,1H3. The molecule has 3 aromatic rings. The van der Waals surface area contributed by atoms with Gasteiger partial charge in [-0.3, -0.25) is 4.68 Å². The number of nitrogens with zero attached hydrogens (tertiary/aromatic N) is 2. The van der Waals surface area contributed by atoms with Crippen molar-refractivity contribution in [1.29, 1.82) is 0 Å². The number of benzene rings is 2. The molecule has 1 aromatic heterocycles. The monoisotopic (exact) mass is 277 g/mol. The second-order valence-electron chi connectivity index (χ2n) is 5.18. The minimum Gasteiger partial charge on any atom is -0.398 e. The molecule has 0 unspecified atom stereocenters. The highest BCUT2D eigenvalue weighted by Gasteiger charge is 2.05. The predicted molar refractivity (Wildman–Crippen MR) is 87.0 cm³/mol. The molecular formula is C18H19N3. The van der Waals surface area contributed by atoms with Gasteiger partial charge < -0.3 is 5.73 Å². The summed E-state index contributed by atoms with van der Waals surface area (Å²) in [6, 6.07) is 16.5. The van der Waals surface area contributed by atoms with Gasteiger partial charge in [0.2, 0.25) is 0 Å². The summed E-state index contributed by atoms with van der Waals surface area (Å²) in [5, 5.41) is 4.43. The van der Waals surface area contributed by atoms with Crippen molar-refractivity contribution in [2.24, 2.45) is 0 Å². The highest BCUT2D eigenvalue weighted by molar-refractivity contribution is 5.75. The topological polar surface area (TPSA) is 43.8 Å². The Balaban J connectivity index is 1.80. The summed E-state index contributed by atoms with van der Waals surface area (Å²) in [6.07, 6.45) is 4.98. The molecular weight excluding hydrogens is 258 g/mol. The van der Waals surface area contributed by atoms with Crippen LogP contribution in [-0.2, 0) is 13.0 Å². The first-order valence-electron chi connectivity index (χ1n) is 7.21. The van der Waals surface area contributed by atoms with Gasteiger partial charge in [0.1, 0.15) is 0 Å². The molecule has 3 heteroatoms. The Bertz CT molecular complexity index is 726. The van der Waals surface area contributed by atoms with Crippen LogP contribution >= 0.6 is 0 Å². The summed E-state index contributed by atoms with van der Waals surface area (Å²) < 4.78 is 1.95. The van der Waals surface area contributed by atoms with Gasteiger partial charge in [0.05, 0.1) is 12.7 Å². The quantitative estimate of drug-likeness (QED) is 0.738. The molecule has 3 nitrogen and oxygen atoms in total. The summed E-state index contributed by atoms with van der Waals surface area (Å²) in [5.74, 6) is 0. The summed E-state index contributed by atoms with van der Waals surface area (Å²) in [6.45, 7) is 2.94. The Labute approximate surface area is 125 Å². The first-order chi connectivity index (χ1) is 10.3. The van der Waals surface area contributed by atoms with Gasteiger partial charge in [-0.05, 0) is 23.6 Å². The van der Waals surface area contributed by atoms with Gasteiger partial charge in [-0.2, -0.15) is 5.10 Å². The summed E-state index contributed by atoms with van der Waals surface area (Å²) >= 11 is 0. The van der Waals surface area contributed by atoms with Crippen molar-refractivity contribution >= 4 is 5.69 Å². The first-order valence-corrected chi connectivity index (χ1v) is 7.21. The normalized spacial score (nSPS) is 10.7. The van der Waals surface area contributed by atoms with Crippen LogP contribution in [0.2, 0.25) is 0 Å². The lowest BCUT2D eigenvalue weighted by molar-refractivity contribution is 0.687. The SMILES string of the molecule is CCc1ccc(Cn2cc(-c3ccccc3N)cn2)cc1. The Morgan fingerprint density at radius 3 is 2.43 bits per heavy atom. The maximum Gasteiger partial charge on any atom is 0.0659 e. The van der Waals surface area contributed by atoms with E-state index in [1.807, 2.05) is 41.3 Å². The smallest absolute Gasteiger partial charge is 0.0659 e. The van der Waals surface area contributed by atoms with Gasteiger partial charge in [0.15, 0.2) is 0 Å². The van der Waals surface area contributed by atoms with Gasteiger partial charge in [-0.15, -0.1) is 0 Å². The van der Waals surface area contributed by atoms with Crippen LogP contribution in [-0.4, -0.2) is 9.78 Å². The number of nitrogen functional groups attached to an aromatic ring is 1. The molecule has 1 heterocycles. The van der Waals surface area contributed by atoms with Crippen molar-refractivity contribution in [2.75, 3.05) is 5.73 Å². The fraction of sp³-hybridized carbons (Fsp3) is 0.167. The first kappa shape index (κ1) is 13.4. The van der Waals surface area contributed by atoms with E-state index in [9.17, 15) is 0 Å². The number of aryl methyl sites for hydroxylation is 1. The van der Waals surface area contributed by atoms with Crippen molar-refractivity contribution in [3.8, 4) is 11.1 Å². The molecule has 0 atom stereocenters. The number of para-hydroxylation sites is 1. The zero-order valence-corrected chi connectivity index (χ0v) is 12.2. The third-order valence-electron chi connectivity index (χ3n) is 3.68. The largest absolute Gasteiger partial charge is 0.398 e. The average molecular weight is 277 g/mol. The van der Waals surface area contributed by atoms with E-state index in [-0.39, 0.29) is 0 Å². The van der Waals surface area contributed by atoms with Crippen LogP contribution in [0.25, 0.3) is 11.1 Å². The second-order valence-corrected chi connectivity index (χ2v) is 5.18. The molecule has 3 rings (SSSR count). The highest BCUT2D eigenvalue weighted by atomic mass is 15.3. The van der Waals surface area contributed by atoms with Crippen molar-refractivity contribution in [1.82, 2.24) is 9.78 Å². The van der Waals surface area contributed by atoms with E-state index in [0.717, 1.165) is 29.8 Å². The van der Waals surface area contributed by atoms with E-state index >= 15 is 0 Å². The van der Waals surface area contributed by atoms with Crippen LogP contribution in [0.1, 0.15) is 18.1 Å². The summed E-state index contributed by atoms with van der Waals surface area (Å²) in [5.41, 5.74) is 11.5. The van der Waals surface area contributed by atoms with E-state index in [2.05, 4.69) is 36.3 Å². The number of nitrogens with two attached hydrogens (primary N) is 1. The molecule has 0 saturated heterocycles. The molecule has 0 bridgehead atoms. The molecule has 2 aromatic carbocycles. The lowest BCUT2D eigenvalue weighted by atomic mass is 10.1. The maximum atomic E-state index is 6.01. The van der Waals surface area contributed by atoms with E-state index in [1.165, 1.54) is 11.1 Å². The van der Waals surface area contributed by atoms with Crippen molar-refractivity contribution < 1.29 is 0 Å². The maximum absolute atomic E-state index is 6.01. The Morgan fingerprint density at radius 1 is 1.00 bits per heavy atom. The summed E-state index contributed by atoms with van der Waals surface area (Å²) in [4.78, 5) is 0. The molecule has 0 fully saturated rings. The average Bonchev–Trinajstić information content (AvgIpc) is 2.97. The lowest BCUT2D eigenvalue weighted by Crippen LogP contribution is -1.99. The van der Waals surface area contributed by atoms with Crippen LogP contribution in [0.15, 0.2) is 60.9 Å². The fourth-order valence-electron chi connectivity index (χ4n) is 2.42. The molecule has 0 saturated carbocycles. The zero-order valence-electron chi connectivity index (χ0n) is 12.2. The third kappa shape index (κ3) is 2.97. The molecule has 0 aliphatic rings. The van der Waals surface area contributed by atoms with Crippen molar-refractivity contribution in [3.05, 3.63) is 72.1 Å². The summed E-state index contributed by atoms with van der Waals surface area (Å²) in [7, 11) is 0. The van der Waals surface area contributed by atoms with Gasteiger partial charge >= 0.3 is 0 Å². The number of anilines is 1. The molecule has 2 N–H and O–H groups in total. The number of aromatic nitrogens is 2. The van der Waals surface area contributed by atoms with E-state index < -0.39 is 0 Å². The van der Waals surface area contributed by atoms with Crippen LogP contribution in [0.3, 0.4) is 0 Å². The molecule has 0 spiro atoms. The van der Waals surface area contributed by atoms with Crippen molar-refractivity contribution in [2.45, 2.75) is 19.9 Å². The highest BCUT2D eigenvalue weighted by Crippen LogP contribution is 2.24. The van der Waals surface area contributed by atoms with E-state index in [0.29, 0.717) is 0 Å². The molecule has 0 aliphatic heterocycles. The number of hydrogen-bond donors (Lipinski definition) is 1. The minimum absolute atomic E-state index is 0.775. The zero-order chi connectivity index (χ0) is 14.7. The molecule has 106 valence electrons. The lowest BCUT2D eigenvalue weighted by Gasteiger charge is -2.04. The Morgan fingerprint density at radius 2 is 1.71 bits per heavy atom. The minimum atomic E-state index is 0.775. The van der Waals surface area contributed by atoms with Crippen LogP contribution in [0.5, 0.6) is 0 Å². The van der Waals surface area contributed by atoms with Crippen LogP contribution in [0, 0.1) is 0 Å². The van der Waals surface area contributed by atoms with E-state index in [1.54, 1.807) is 0 Å². The van der Waals surface area contributed by atoms with Crippen LogP contribution in [0.4, 0.5) is 5.69 Å². The van der Waals surface area contributed by atoms with Gasteiger partial charge in [-0.1, -0.05) is 49.4 Å². The van der Waals surface area contributed by atoms with E-state index in [4.69, 9.17) is 5.73 Å². The van der Waals surface area contributed by atoms with Crippen molar-refractivity contribution in [3.63, 3.8) is 0 Å². The molecule has 0 aliphatic carbocycles. The predicted octanol–water partition coefficient (Wildman–Crippen LogP) is 3.74.